The van der Waals surface area contributed by atoms with Crippen LogP contribution in [0.1, 0.15) is 43.7 Å². The molecule has 23 heavy (non-hydrogen) atoms. The Morgan fingerprint density at radius 2 is 1.87 bits per heavy atom. The summed E-state index contributed by atoms with van der Waals surface area (Å²) in [5, 5.41) is 3.40. The van der Waals surface area contributed by atoms with Crippen molar-refractivity contribution < 1.29 is 9.13 Å². The lowest BCUT2D eigenvalue weighted by molar-refractivity contribution is 0.100. The van der Waals surface area contributed by atoms with Crippen LogP contribution in [0.15, 0.2) is 18.2 Å². The van der Waals surface area contributed by atoms with Gasteiger partial charge in [0.05, 0.1) is 7.11 Å². The van der Waals surface area contributed by atoms with Crippen LogP contribution in [0, 0.1) is 11.7 Å². The van der Waals surface area contributed by atoms with E-state index in [1.54, 1.807) is 13.2 Å². The summed E-state index contributed by atoms with van der Waals surface area (Å²) in [5.41, 5.74) is 0.827. The molecule has 0 radical (unpaired) electrons. The van der Waals surface area contributed by atoms with Crippen LogP contribution in [0.5, 0.6) is 5.75 Å². The summed E-state index contributed by atoms with van der Waals surface area (Å²) >= 11 is 0. The van der Waals surface area contributed by atoms with E-state index in [1.165, 1.54) is 32.1 Å². The summed E-state index contributed by atoms with van der Waals surface area (Å²) in [4.78, 5) is 2.48. The highest BCUT2D eigenvalue weighted by atomic mass is 35.5. The maximum Gasteiger partial charge on any atom is 0.169 e. The molecule has 2 aliphatic rings. The lowest BCUT2D eigenvalue weighted by Crippen LogP contribution is -2.47. The summed E-state index contributed by atoms with van der Waals surface area (Å²) in [5.74, 6) is 0.765. The van der Waals surface area contributed by atoms with E-state index in [-0.39, 0.29) is 24.3 Å². The van der Waals surface area contributed by atoms with E-state index in [1.807, 2.05) is 12.1 Å². The van der Waals surface area contributed by atoms with Gasteiger partial charge in [-0.2, -0.15) is 0 Å². The Morgan fingerprint density at radius 3 is 2.52 bits per heavy atom. The molecule has 2 fully saturated rings. The molecule has 3 rings (SSSR count). The predicted octanol–water partition coefficient (Wildman–Crippen LogP) is 3.78. The second kappa shape index (κ2) is 8.86. The number of benzene rings is 1. The highest BCUT2D eigenvalue weighted by Crippen LogP contribution is 2.40. The average molecular weight is 343 g/mol. The van der Waals surface area contributed by atoms with E-state index in [0.717, 1.165) is 31.7 Å². The first-order valence-electron chi connectivity index (χ1n) is 8.58. The van der Waals surface area contributed by atoms with Crippen molar-refractivity contribution >= 4 is 12.4 Å². The molecular weight excluding hydrogens is 315 g/mol. The molecule has 1 saturated carbocycles. The monoisotopic (exact) mass is 342 g/mol. The van der Waals surface area contributed by atoms with Crippen LogP contribution in [0.2, 0.25) is 0 Å². The third-order valence-electron chi connectivity index (χ3n) is 5.17. The molecule has 1 aliphatic carbocycles. The Bertz CT molecular complexity index is 470. The minimum atomic E-state index is -0.167. The average Bonchev–Trinajstić information content (AvgIpc) is 2.59. The largest absolute Gasteiger partial charge is 0.494 e. The lowest BCUT2D eigenvalue weighted by Gasteiger charge is -2.41. The number of rotatable bonds is 4. The van der Waals surface area contributed by atoms with Gasteiger partial charge in [-0.1, -0.05) is 31.4 Å². The molecule has 0 bridgehead atoms. The standard InChI is InChI=1S/C18H27FN2O.ClH/c1-22-16-9-5-8-15(17(16)19)18(14-6-3-2-4-7-14)21-12-10-20-11-13-21;/h5,8-9,14,18,20H,2-4,6-7,10-13H2,1H3;1H/t18-;/m1./s1. The van der Waals surface area contributed by atoms with Gasteiger partial charge < -0.3 is 10.1 Å². The van der Waals surface area contributed by atoms with Crippen molar-refractivity contribution in [2.45, 2.75) is 38.1 Å². The third kappa shape index (κ3) is 4.17. The van der Waals surface area contributed by atoms with Crippen LogP contribution in [0.25, 0.3) is 0 Å². The van der Waals surface area contributed by atoms with Gasteiger partial charge >= 0.3 is 0 Å². The first-order chi connectivity index (χ1) is 10.8. The maximum absolute atomic E-state index is 14.9. The van der Waals surface area contributed by atoms with E-state index in [4.69, 9.17) is 4.74 Å². The first kappa shape index (κ1) is 18.5. The molecule has 0 unspecified atom stereocenters. The Balaban J connectivity index is 0.00000192. The fourth-order valence-electron chi connectivity index (χ4n) is 4.07. The number of ether oxygens (including phenoxy) is 1. The Labute approximate surface area is 145 Å². The quantitative estimate of drug-likeness (QED) is 0.901. The SMILES string of the molecule is COc1cccc([C@@H](C2CCCCC2)N2CCNCC2)c1F.Cl. The number of halogens is 2. The molecule has 1 aromatic carbocycles. The topological polar surface area (TPSA) is 24.5 Å². The van der Waals surface area contributed by atoms with Gasteiger partial charge in [-0.15, -0.1) is 12.4 Å². The van der Waals surface area contributed by atoms with Gasteiger partial charge in [0.25, 0.3) is 0 Å². The van der Waals surface area contributed by atoms with Crippen molar-refractivity contribution in [1.29, 1.82) is 0 Å². The fourth-order valence-corrected chi connectivity index (χ4v) is 4.07. The minimum Gasteiger partial charge on any atom is -0.494 e. The second-order valence-electron chi connectivity index (χ2n) is 6.49. The molecule has 1 atom stereocenters. The third-order valence-corrected chi connectivity index (χ3v) is 5.17. The number of hydrogen-bond donors (Lipinski definition) is 1. The van der Waals surface area contributed by atoms with Gasteiger partial charge in [-0.25, -0.2) is 4.39 Å². The van der Waals surface area contributed by atoms with E-state index in [0.29, 0.717) is 11.7 Å². The van der Waals surface area contributed by atoms with E-state index in [9.17, 15) is 4.39 Å². The molecule has 0 amide bonds. The second-order valence-corrected chi connectivity index (χ2v) is 6.49. The highest BCUT2D eigenvalue weighted by molar-refractivity contribution is 5.85. The number of methoxy groups -OCH3 is 1. The van der Waals surface area contributed by atoms with Crippen molar-refractivity contribution in [2.24, 2.45) is 5.92 Å². The van der Waals surface area contributed by atoms with Crippen molar-refractivity contribution in [3.8, 4) is 5.75 Å². The normalized spacial score (nSPS) is 21.5. The Hall–Kier alpha value is -0.840. The number of piperazine rings is 1. The van der Waals surface area contributed by atoms with Gasteiger partial charge in [-0.05, 0) is 24.8 Å². The van der Waals surface area contributed by atoms with Gasteiger partial charge in [0, 0.05) is 37.8 Å². The molecule has 0 spiro atoms. The molecule has 130 valence electrons. The van der Waals surface area contributed by atoms with E-state index in [2.05, 4.69) is 10.2 Å². The summed E-state index contributed by atoms with van der Waals surface area (Å²) < 4.78 is 20.1. The number of hydrogen-bond acceptors (Lipinski definition) is 3. The Kier molecular flexibility index (Phi) is 7.12. The molecular formula is C18H28ClFN2O. The predicted molar refractivity (Wildman–Crippen MR) is 94.0 cm³/mol. The highest BCUT2D eigenvalue weighted by Gasteiger charge is 2.33. The van der Waals surface area contributed by atoms with Crippen molar-refractivity contribution in [3.05, 3.63) is 29.6 Å². The van der Waals surface area contributed by atoms with Gasteiger partial charge in [0.15, 0.2) is 11.6 Å². The molecule has 3 nitrogen and oxygen atoms in total. The lowest BCUT2D eigenvalue weighted by atomic mass is 9.80. The molecule has 1 aliphatic heterocycles. The molecule has 1 heterocycles. The van der Waals surface area contributed by atoms with Crippen molar-refractivity contribution in [1.82, 2.24) is 10.2 Å². The van der Waals surface area contributed by atoms with Gasteiger partial charge in [0.2, 0.25) is 0 Å². The zero-order chi connectivity index (χ0) is 15.4. The summed E-state index contributed by atoms with van der Waals surface area (Å²) in [6.07, 6.45) is 6.31. The molecule has 1 N–H and O–H groups in total. The van der Waals surface area contributed by atoms with Crippen LogP contribution in [0.3, 0.4) is 0 Å². The summed E-state index contributed by atoms with van der Waals surface area (Å²) in [7, 11) is 1.54. The van der Waals surface area contributed by atoms with E-state index >= 15 is 0 Å². The number of nitrogens with zero attached hydrogens (tertiary/aromatic N) is 1. The number of nitrogens with one attached hydrogen (secondary N) is 1. The summed E-state index contributed by atoms with van der Waals surface area (Å²) in [6, 6.07) is 5.79. The van der Waals surface area contributed by atoms with Crippen LogP contribution in [0.4, 0.5) is 4.39 Å². The maximum atomic E-state index is 14.9. The van der Waals surface area contributed by atoms with Gasteiger partial charge in [0.1, 0.15) is 0 Å². The van der Waals surface area contributed by atoms with Crippen LogP contribution in [-0.2, 0) is 0 Å². The smallest absolute Gasteiger partial charge is 0.169 e. The minimum absolute atomic E-state index is 0. The molecule has 1 saturated heterocycles. The zero-order valence-corrected chi connectivity index (χ0v) is 14.7. The fraction of sp³-hybridized carbons (Fsp3) is 0.667. The molecule has 1 aromatic rings. The zero-order valence-electron chi connectivity index (χ0n) is 13.9. The van der Waals surface area contributed by atoms with Crippen molar-refractivity contribution in [3.63, 3.8) is 0 Å². The first-order valence-corrected chi connectivity index (χ1v) is 8.58. The van der Waals surface area contributed by atoms with E-state index < -0.39 is 0 Å². The van der Waals surface area contributed by atoms with Gasteiger partial charge in [-0.3, -0.25) is 4.90 Å². The summed E-state index contributed by atoms with van der Waals surface area (Å²) in [6.45, 7) is 3.99. The van der Waals surface area contributed by atoms with Crippen molar-refractivity contribution in [2.75, 3.05) is 33.3 Å². The molecule has 0 aromatic heterocycles. The Morgan fingerprint density at radius 1 is 1.17 bits per heavy atom. The van der Waals surface area contributed by atoms with Crippen LogP contribution >= 0.6 is 12.4 Å². The van der Waals surface area contributed by atoms with Crippen LogP contribution in [-0.4, -0.2) is 38.2 Å². The molecule has 5 heteroatoms. The van der Waals surface area contributed by atoms with Crippen LogP contribution < -0.4 is 10.1 Å².